The largest absolute Gasteiger partial charge is 0.350 e. The van der Waals surface area contributed by atoms with Gasteiger partial charge in [0.1, 0.15) is 11.6 Å². The van der Waals surface area contributed by atoms with Crippen LogP contribution in [0.15, 0.2) is 30.6 Å². The Balaban J connectivity index is 2.04. The molecule has 2 aromatic rings. The highest BCUT2D eigenvalue weighted by Crippen LogP contribution is 2.11. The Hall–Kier alpha value is -1.75. The lowest BCUT2D eigenvalue weighted by molar-refractivity contribution is 0.574. The summed E-state index contributed by atoms with van der Waals surface area (Å²) < 4.78 is 25.9. The lowest BCUT2D eigenvalue weighted by atomic mass is 10.2. The van der Waals surface area contributed by atoms with Crippen LogP contribution in [0, 0.1) is 11.6 Å². The van der Waals surface area contributed by atoms with Crippen LogP contribution in [0.25, 0.3) is 0 Å². The van der Waals surface area contributed by atoms with Crippen molar-refractivity contribution >= 4 is 17.5 Å². The van der Waals surface area contributed by atoms with Crippen LogP contribution in [0.1, 0.15) is 5.56 Å². The number of hydrogen-bond donors (Lipinski definition) is 1. The van der Waals surface area contributed by atoms with Crippen LogP contribution in [0.2, 0.25) is 5.02 Å². The monoisotopic (exact) mass is 255 g/mol. The van der Waals surface area contributed by atoms with Crippen molar-refractivity contribution in [2.75, 3.05) is 5.32 Å². The summed E-state index contributed by atoms with van der Waals surface area (Å²) in [6.45, 7) is 0.174. The first-order chi connectivity index (χ1) is 8.15. The second kappa shape index (κ2) is 5.05. The van der Waals surface area contributed by atoms with E-state index in [0.717, 1.165) is 6.07 Å². The maximum atomic E-state index is 13.3. The minimum Gasteiger partial charge on any atom is -0.350 e. The van der Waals surface area contributed by atoms with E-state index >= 15 is 0 Å². The number of benzene rings is 1. The molecule has 0 amide bonds. The van der Waals surface area contributed by atoms with E-state index in [-0.39, 0.29) is 6.54 Å². The summed E-state index contributed by atoms with van der Waals surface area (Å²) in [4.78, 5) is 7.78. The molecule has 0 aliphatic rings. The lowest BCUT2D eigenvalue weighted by Gasteiger charge is -2.05. The van der Waals surface area contributed by atoms with Crippen LogP contribution < -0.4 is 5.32 Å². The van der Waals surface area contributed by atoms with E-state index < -0.39 is 11.6 Å². The zero-order valence-corrected chi connectivity index (χ0v) is 9.38. The molecule has 0 unspecified atom stereocenters. The SMILES string of the molecule is Fc1ccc(CNc2ncc(Cl)cn2)c(F)c1. The standard InChI is InChI=1S/C11H8ClF2N3/c12-8-5-16-11(17-6-8)15-4-7-1-2-9(13)3-10(7)14/h1-3,5-6H,4H2,(H,15,16,17). The highest BCUT2D eigenvalue weighted by Gasteiger charge is 2.04. The first-order valence-corrected chi connectivity index (χ1v) is 5.18. The number of halogens is 3. The van der Waals surface area contributed by atoms with Gasteiger partial charge in [-0.15, -0.1) is 0 Å². The van der Waals surface area contributed by atoms with Crippen LogP contribution in [-0.4, -0.2) is 9.97 Å². The number of hydrogen-bond acceptors (Lipinski definition) is 3. The Kier molecular flexibility index (Phi) is 3.49. The van der Waals surface area contributed by atoms with E-state index in [1.54, 1.807) is 0 Å². The fourth-order valence-electron chi connectivity index (χ4n) is 1.24. The second-order valence-electron chi connectivity index (χ2n) is 3.31. The minimum atomic E-state index is -0.605. The molecule has 0 radical (unpaired) electrons. The van der Waals surface area contributed by atoms with Gasteiger partial charge in [0.2, 0.25) is 5.95 Å². The van der Waals surface area contributed by atoms with Crippen molar-refractivity contribution in [3.05, 3.63) is 52.8 Å². The van der Waals surface area contributed by atoms with Crippen molar-refractivity contribution in [3.63, 3.8) is 0 Å². The van der Waals surface area contributed by atoms with Crippen LogP contribution in [0.4, 0.5) is 14.7 Å². The van der Waals surface area contributed by atoms with Gasteiger partial charge in [-0.25, -0.2) is 18.7 Å². The zero-order chi connectivity index (χ0) is 12.3. The van der Waals surface area contributed by atoms with Gasteiger partial charge in [0.25, 0.3) is 0 Å². The molecule has 0 aliphatic carbocycles. The Morgan fingerprint density at radius 1 is 1.18 bits per heavy atom. The summed E-state index contributed by atoms with van der Waals surface area (Å²) in [5.74, 6) is -0.876. The van der Waals surface area contributed by atoms with Gasteiger partial charge in [-0.3, -0.25) is 0 Å². The van der Waals surface area contributed by atoms with Gasteiger partial charge in [0.05, 0.1) is 17.4 Å². The summed E-state index contributed by atoms with van der Waals surface area (Å²) >= 11 is 5.62. The number of aromatic nitrogens is 2. The second-order valence-corrected chi connectivity index (χ2v) is 3.75. The number of nitrogens with one attached hydrogen (secondary N) is 1. The number of nitrogens with zero attached hydrogens (tertiary/aromatic N) is 2. The topological polar surface area (TPSA) is 37.8 Å². The summed E-state index contributed by atoms with van der Waals surface area (Å²) in [7, 11) is 0. The van der Waals surface area contributed by atoms with Crippen molar-refractivity contribution in [1.82, 2.24) is 9.97 Å². The highest BCUT2D eigenvalue weighted by atomic mass is 35.5. The van der Waals surface area contributed by atoms with Crippen molar-refractivity contribution in [2.45, 2.75) is 6.54 Å². The maximum absolute atomic E-state index is 13.3. The molecular weight excluding hydrogens is 248 g/mol. The van der Waals surface area contributed by atoms with E-state index in [1.165, 1.54) is 24.5 Å². The quantitative estimate of drug-likeness (QED) is 0.916. The van der Waals surface area contributed by atoms with Crippen LogP contribution in [0.5, 0.6) is 0 Å². The first kappa shape index (κ1) is 11.7. The van der Waals surface area contributed by atoms with Gasteiger partial charge in [0.15, 0.2) is 0 Å². The smallest absolute Gasteiger partial charge is 0.222 e. The van der Waals surface area contributed by atoms with Crippen LogP contribution in [0.3, 0.4) is 0 Å². The predicted molar refractivity (Wildman–Crippen MR) is 60.7 cm³/mol. The van der Waals surface area contributed by atoms with Crippen molar-refractivity contribution < 1.29 is 8.78 Å². The molecule has 0 saturated carbocycles. The van der Waals surface area contributed by atoms with Crippen LogP contribution >= 0.6 is 11.6 Å². The maximum Gasteiger partial charge on any atom is 0.222 e. The summed E-state index contributed by atoms with van der Waals surface area (Å²) in [5.41, 5.74) is 0.338. The third kappa shape index (κ3) is 3.10. The lowest BCUT2D eigenvalue weighted by Crippen LogP contribution is -2.05. The van der Waals surface area contributed by atoms with E-state index in [9.17, 15) is 8.78 Å². The third-order valence-corrected chi connectivity index (χ3v) is 2.27. The molecule has 1 aromatic heterocycles. The molecule has 0 aliphatic heterocycles. The van der Waals surface area contributed by atoms with E-state index in [0.29, 0.717) is 16.5 Å². The van der Waals surface area contributed by atoms with Gasteiger partial charge >= 0.3 is 0 Å². The zero-order valence-electron chi connectivity index (χ0n) is 8.62. The molecule has 1 N–H and O–H groups in total. The fourth-order valence-corrected chi connectivity index (χ4v) is 1.34. The molecular formula is C11H8ClF2N3. The summed E-state index contributed by atoms with van der Waals surface area (Å²) in [6.07, 6.45) is 2.86. The molecule has 6 heteroatoms. The van der Waals surface area contributed by atoms with Gasteiger partial charge < -0.3 is 5.32 Å². The third-order valence-electron chi connectivity index (χ3n) is 2.07. The van der Waals surface area contributed by atoms with Gasteiger partial charge in [-0.2, -0.15) is 0 Å². The first-order valence-electron chi connectivity index (χ1n) is 4.80. The number of rotatable bonds is 3. The molecule has 0 atom stereocenters. The number of anilines is 1. The normalized spacial score (nSPS) is 10.3. The fraction of sp³-hybridized carbons (Fsp3) is 0.0909. The molecule has 1 aromatic carbocycles. The molecule has 2 rings (SSSR count). The van der Waals surface area contributed by atoms with Crippen molar-refractivity contribution in [2.24, 2.45) is 0 Å². The molecule has 0 fully saturated rings. The molecule has 17 heavy (non-hydrogen) atoms. The van der Waals surface area contributed by atoms with Crippen molar-refractivity contribution in [3.8, 4) is 0 Å². The highest BCUT2D eigenvalue weighted by molar-refractivity contribution is 6.30. The molecule has 88 valence electrons. The Labute approximate surface area is 101 Å². The Morgan fingerprint density at radius 3 is 2.53 bits per heavy atom. The van der Waals surface area contributed by atoms with Gasteiger partial charge in [0, 0.05) is 18.2 Å². The van der Waals surface area contributed by atoms with Crippen LogP contribution in [-0.2, 0) is 6.54 Å². The summed E-state index contributed by atoms with van der Waals surface area (Å²) in [5, 5.41) is 3.23. The summed E-state index contributed by atoms with van der Waals surface area (Å²) in [6, 6.07) is 3.40. The minimum absolute atomic E-state index is 0.174. The predicted octanol–water partition coefficient (Wildman–Crippen LogP) is 3.02. The average Bonchev–Trinajstić information content (AvgIpc) is 2.30. The van der Waals surface area contributed by atoms with E-state index in [1.807, 2.05) is 0 Å². The molecule has 0 spiro atoms. The van der Waals surface area contributed by atoms with Gasteiger partial charge in [-0.05, 0) is 6.07 Å². The average molecular weight is 256 g/mol. The molecule has 0 saturated heterocycles. The molecule has 3 nitrogen and oxygen atoms in total. The van der Waals surface area contributed by atoms with E-state index in [4.69, 9.17) is 11.6 Å². The Morgan fingerprint density at radius 2 is 1.88 bits per heavy atom. The van der Waals surface area contributed by atoms with Gasteiger partial charge in [-0.1, -0.05) is 17.7 Å². The molecule has 1 heterocycles. The molecule has 0 bridgehead atoms. The van der Waals surface area contributed by atoms with E-state index in [2.05, 4.69) is 15.3 Å². The Bertz CT molecular complexity index is 517. The van der Waals surface area contributed by atoms with Crippen molar-refractivity contribution in [1.29, 1.82) is 0 Å².